The van der Waals surface area contributed by atoms with Crippen molar-refractivity contribution in [1.82, 2.24) is 5.32 Å². The van der Waals surface area contributed by atoms with Gasteiger partial charge in [0.15, 0.2) is 0 Å². The molecule has 0 bridgehead atoms. The molecule has 0 spiro atoms. The molecule has 0 saturated heterocycles. The summed E-state index contributed by atoms with van der Waals surface area (Å²) in [5.74, 6) is 0. The van der Waals surface area contributed by atoms with E-state index in [1.807, 2.05) is 36.4 Å². The van der Waals surface area contributed by atoms with Crippen LogP contribution in [0.5, 0.6) is 0 Å². The lowest BCUT2D eigenvalue weighted by Gasteiger charge is -2.11. The van der Waals surface area contributed by atoms with Gasteiger partial charge in [-0.3, -0.25) is 0 Å². The van der Waals surface area contributed by atoms with E-state index in [0.717, 1.165) is 21.5 Å². The first kappa shape index (κ1) is 14.3. The molecule has 1 aliphatic rings. The molecular weight excluding hydrogens is 309 g/mol. The highest BCUT2D eigenvalue weighted by Gasteiger charge is 2.20. The summed E-state index contributed by atoms with van der Waals surface area (Å²) in [6, 6.07) is 14.6. The van der Waals surface area contributed by atoms with Crippen LogP contribution in [0.4, 0.5) is 0 Å². The minimum absolute atomic E-state index is 0.698. The second kappa shape index (κ2) is 6.40. The molecule has 3 rings (SSSR count). The standard InChI is InChI=1S/C16H15Cl2NS/c17-12-6-5-11(10-19-13-7-8-13)16(9-12)20-15-4-2-1-3-14(15)18/h1-6,9,13,19H,7-8,10H2. The van der Waals surface area contributed by atoms with Crippen molar-refractivity contribution in [1.29, 1.82) is 0 Å². The zero-order chi connectivity index (χ0) is 13.9. The van der Waals surface area contributed by atoms with Crippen LogP contribution < -0.4 is 5.32 Å². The summed E-state index contributed by atoms with van der Waals surface area (Å²) in [5.41, 5.74) is 1.27. The Hall–Kier alpha value is -0.670. The van der Waals surface area contributed by atoms with E-state index in [1.54, 1.807) is 11.8 Å². The number of halogens is 2. The quantitative estimate of drug-likeness (QED) is 0.790. The molecule has 1 N–H and O–H groups in total. The van der Waals surface area contributed by atoms with E-state index in [0.29, 0.717) is 6.04 Å². The van der Waals surface area contributed by atoms with Crippen LogP contribution in [-0.4, -0.2) is 6.04 Å². The second-order valence-electron chi connectivity index (χ2n) is 4.94. The Bertz CT molecular complexity index is 611. The van der Waals surface area contributed by atoms with Crippen LogP contribution in [0.3, 0.4) is 0 Å². The van der Waals surface area contributed by atoms with Crippen LogP contribution in [0.15, 0.2) is 52.3 Å². The fourth-order valence-corrected chi connectivity index (χ4v) is 3.45. The maximum Gasteiger partial charge on any atom is 0.0545 e. The number of nitrogens with one attached hydrogen (secondary N) is 1. The van der Waals surface area contributed by atoms with Crippen molar-refractivity contribution in [2.24, 2.45) is 0 Å². The zero-order valence-electron chi connectivity index (χ0n) is 10.9. The maximum absolute atomic E-state index is 6.23. The van der Waals surface area contributed by atoms with Gasteiger partial charge >= 0.3 is 0 Å². The van der Waals surface area contributed by atoms with Crippen LogP contribution in [-0.2, 0) is 6.54 Å². The predicted molar refractivity (Wildman–Crippen MR) is 86.9 cm³/mol. The Morgan fingerprint density at radius 3 is 2.60 bits per heavy atom. The molecule has 4 heteroatoms. The van der Waals surface area contributed by atoms with E-state index >= 15 is 0 Å². The first-order valence-corrected chi connectivity index (χ1v) is 8.24. The molecule has 2 aromatic rings. The molecule has 1 saturated carbocycles. The van der Waals surface area contributed by atoms with Gasteiger partial charge in [0.1, 0.15) is 0 Å². The molecule has 0 aliphatic heterocycles. The van der Waals surface area contributed by atoms with Gasteiger partial charge in [0, 0.05) is 27.4 Å². The lowest BCUT2D eigenvalue weighted by molar-refractivity contribution is 0.680. The fourth-order valence-electron chi connectivity index (χ4n) is 1.96. The summed E-state index contributed by atoms with van der Waals surface area (Å²) in [7, 11) is 0. The van der Waals surface area contributed by atoms with Crippen LogP contribution in [0.25, 0.3) is 0 Å². The molecule has 0 atom stereocenters. The molecule has 0 unspecified atom stereocenters. The third-order valence-corrected chi connectivity index (χ3v) is 5.10. The molecule has 20 heavy (non-hydrogen) atoms. The van der Waals surface area contributed by atoms with Gasteiger partial charge in [-0.15, -0.1) is 0 Å². The Kier molecular flexibility index (Phi) is 4.57. The van der Waals surface area contributed by atoms with E-state index in [2.05, 4.69) is 11.4 Å². The predicted octanol–water partition coefficient (Wildman–Crippen LogP) is 5.40. The van der Waals surface area contributed by atoms with E-state index in [4.69, 9.17) is 23.2 Å². The van der Waals surface area contributed by atoms with Gasteiger partial charge in [-0.1, -0.05) is 53.2 Å². The van der Waals surface area contributed by atoms with Crippen LogP contribution in [0, 0.1) is 0 Å². The van der Waals surface area contributed by atoms with Gasteiger partial charge in [-0.05, 0) is 42.7 Å². The first-order chi connectivity index (χ1) is 9.72. The topological polar surface area (TPSA) is 12.0 Å². The number of hydrogen-bond donors (Lipinski definition) is 1. The van der Waals surface area contributed by atoms with Crippen molar-refractivity contribution in [3.05, 3.63) is 58.1 Å². The van der Waals surface area contributed by atoms with E-state index in [1.165, 1.54) is 23.3 Å². The van der Waals surface area contributed by atoms with Gasteiger partial charge in [0.2, 0.25) is 0 Å². The number of rotatable bonds is 5. The fraction of sp³-hybridized carbons (Fsp3) is 0.250. The third-order valence-electron chi connectivity index (χ3n) is 3.24. The average molecular weight is 324 g/mol. The van der Waals surface area contributed by atoms with Crippen LogP contribution in [0.2, 0.25) is 10.0 Å². The van der Waals surface area contributed by atoms with Crippen molar-refractivity contribution < 1.29 is 0 Å². The van der Waals surface area contributed by atoms with E-state index in [-0.39, 0.29) is 0 Å². The summed E-state index contributed by atoms with van der Waals surface area (Å²) in [6.45, 7) is 0.884. The SMILES string of the molecule is Clc1ccc(CNC2CC2)c(Sc2ccccc2Cl)c1. The van der Waals surface area contributed by atoms with E-state index < -0.39 is 0 Å². The highest BCUT2D eigenvalue weighted by molar-refractivity contribution is 7.99. The van der Waals surface area contributed by atoms with Gasteiger partial charge in [-0.25, -0.2) is 0 Å². The summed E-state index contributed by atoms with van der Waals surface area (Å²) in [6.07, 6.45) is 2.58. The summed E-state index contributed by atoms with van der Waals surface area (Å²) < 4.78 is 0. The first-order valence-electron chi connectivity index (χ1n) is 6.66. The summed E-state index contributed by atoms with van der Waals surface area (Å²) >= 11 is 14.0. The van der Waals surface area contributed by atoms with Crippen LogP contribution >= 0.6 is 35.0 Å². The van der Waals surface area contributed by atoms with Gasteiger partial charge in [-0.2, -0.15) is 0 Å². The Labute approximate surface area is 133 Å². The van der Waals surface area contributed by atoms with E-state index in [9.17, 15) is 0 Å². The molecule has 2 aromatic carbocycles. The molecule has 1 nitrogen and oxygen atoms in total. The Morgan fingerprint density at radius 2 is 1.85 bits per heavy atom. The molecule has 0 radical (unpaired) electrons. The largest absolute Gasteiger partial charge is 0.310 e. The summed E-state index contributed by atoms with van der Waals surface area (Å²) in [5, 5.41) is 5.08. The normalized spacial score (nSPS) is 14.5. The van der Waals surface area contributed by atoms with Crippen molar-refractivity contribution in [2.45, 2.75) is 35.2 Å². The maximum atomic E-state index is 6.23. The van der Waals surface area contributed by atoms with Gasteiger partial charge in [0.25, 0.3) is 0 Å². The summed E-state index contributed by atoms with van der Waals surface area (Å²) in [4.78, 5) is 2.22. The lowest BCUT2D eigenvalue weighted by Crippen LogP contribution is -2.15. The monoisotopic (exact) mass is 323 g/mol. The van der Waals surface area contributed by atoms with Gasteiger partial charge < -0.3 is 5.32 Å². The number of benzene rings is 2. The Balaban J connectivity index is 1.82. The Morgan fingerprint density at radius 1 is 1.05 bits per heavy atom. The molecule has 0 amide bonds. The van der Waals surface area contributed by atoms with Crippen molar-refractivity contribution in [3.8, 4) is 0 Å². The third kappa shape index (κ3) is 3.70. The van der Waals surface area contributed by atoms with Crippen LogP contribution in [0.1, 0.15) is 18.4 Å². The lowest BCUT2D eigenvalue weighted by atomic mass is 10.2. The molecule has 0 aromatic heterocycles. The van der Waals surface area contributed by atoms with Crippen molar-refractivity contribution in [2.75, 3.05) is 0 Å². The minimum atomic E-state index is 0.698. The highest BCUT2D eigenvalue weighted by atomic mass is 35.5. The second-order valence-corrected chi connectivity index (χ2v) is 6.87. The van der Waals surface area contributed by atoms with Crippen molar-refractivity contribution >= 4 is 35.0 Å². The molecular formula is C16H15Cl2NS. The molecule has 1 aliphatic carbocycles. The molecule has 1 fully saturated rings. The molecule has 0 heterocycles. The smallest absolute Gasteiger partial charge is 0.0545 e. The minimum Gasteiger partial charge on any atom is -0.310 e. The van der Waals surface area contributed by atoms with Gasteiger partial charge in [0.05, 0.1) is 5.02 Å². The highest BCUT2D eigenvalue weighted by Crippen LogP contribution is 2.36. The zero-order valence-corrected chi connectivity index (χ0v) is 13.2. The number of hydrogen-bond acceptors (Lipinski definition) is 2. The molecule has 104 valence electrons. The average Bonchev–Trinajstić information content (AvgIpc) is 3.25. The van der Waals surface area contributed by atoms with Crippen molar-refractivity contribution in [3.63, 3.8) is 0 Å².